The predicted octanol–water partition coefficient (Wildman–Crippen LogP) is 4.45. The SMILES string of the molecule is COc1ccc(C)cc1-c1csc(NC(=O)c2cccc(N(C)C)c2)n1. The first kappa shape index (κ1) is 17.9. The number of hydrogen-bond donors (Lipinski definition) is 1. The molecule has 0 atom stereocenters. The summed E-state index contributed by atoms with van der Waals surface area (Å²) in [6.07, 6.45) is 0. The Labute approximate surface area is 157 Å². The van der Waals surface area contributed by atoms with Crippen LogP contribution in [0.1, 0.15) is 15.9 Å². The molecule has 0 aliphatic carbocycles. The smallest absolute Gasteiger partial charge is 0.257 e. The van der Waals surface area contributed by atoms with E-state index in [1.165, 1.54) is 11.3 Å². The molecule has 3 aromatic rings. The second kappa shape index (κ2) is 7.58. The van der Waals surface area contributed by atoms with Crippen LogP contribution in [0, 0.1) is 6.92 Å². The quantitative estimate of drug-likeness (QED) is 0.724. The molecule has 5 nitrogen and oxygen atoms in total. The highest BCUT2D eigenvalue weighted by Gasteiger charge is 2.13. The number of rotatable bonds is 5. The Balaban J connectivity index is 1.82. The van der Waals surface area contributed by atoms with Crippen molar-refractivity contribution in [3.8, 4) is 17.0 Å². The summed E-state index contributed by atoms with van der Waals surface area (Å²) < 4.78 is 5.42. The van der Waals surface area contributed by atoms with Gasteiger partial charge in [-0.25, -0.2) is 4.98 Å². The fourth-order valence-electron chi connectivity index (χ4n) is 2.57. The summed E-state index contributed by atoms with van der Waals surface area (Å²) >= 11 is 1.39. The van der Waals surface area contributed by atoms with Crippen LogP contribution in [-0.4, -0.2) is 32.1 Å². The van der Waals surface area contributed by atoms with Gasteiger partial charge in [-0.1, -0.05) is 17.7 Å². The molecular formula is C20H21N3O2S. The van der Waals surface area contributed by atoms with E-state index in [0.29, 0.717) is 10.7 Å². The minimum Gasteiger partial charge on any atom is -0.496 e. The molecule has 134 valence electrons. The van der Waals surface area contributed by atoms with Gasteiger partial charge in [-0.15, -0.1) is 11.3 Å². The average Bonchev–Trinajstić information content (AvgIpc) is 3.10. The lowest BCUT2D eigenvalue weighted by Gasteiger charge is -2.13. The number of anilines is 2. The maximum Gasteiger partial charge on any atom is 0.257 e. The van der Waals surface area contributed by atoms with E-state index >= 15 is 0 Å². The number of carbonyl (C=O) groups excluding carboxylic acids is 1. The molecule has 0 aliphatic rings. The van der Waals surface area contributed by atoms with E-state index in [0.717, 1.165) is 28.3 Å². The number of ether oxygens (including phenoxy) is 1. The van der Waals surface area contributed by atoms with E-state index in [1.54, 1.807) is 13.2 Å². The van der Waals surface area contributed by atoms with Crippen molar-refractivity contribution in [2.24, 2.45) is 0 Å². The maximum absolute atomic E-state index is 12.5. The Kier molecular flexibility index (Phi) is 5.23. The van der Waals surface area contributed by atoms with Crippen molar-refractivity contribution in [2.45, 2.75) is 6.92 Å². The molecule has 0 saturated heterocycles. The van der Waals surface area contributed by atoms with Crippen LogP contribution in [0.3, 0.4) is 0 Å². The summed E-state index contributed by atoms with van der Waals surface area (Å²) in [5.74, 6) is 0.586. The van der Waals surface area contributed by atoms with Gasteiger partial charge in [0.1, 0.15) is 5.75 Å². The molecule has 0 aliphatic heterocycles. The largest absolute Gasteiger partial charge is 0.496 e. The number of carbonyl (C=O) groups is 1. The third kappa shape index (κ3) is 3.86. The molecule has 0 saturated carbocycles. The van der Waals surface area contributed by atoms with Crippen LogP contribution in [0.5, 0.6) is 5.75 Å². The predicted molar refractivity (Wildman–Crippen MR) is 108 cm³/mol. The second-order valence-electron chi connectivity index (χ2n) is 6.14. The molecule has 0 unspecified atom stereocenters. The number of nitrogens with zero attached hydrogens (tertiary/aromatic N) is 2. The van der Waals surface area contributed by atoms with Crippen LogP contribution in [-0.2, 0) is 0 Å². The highest BCUT2D eigenvalue weighted by Crippen LogP contribution is 2.33. The lowest BCUT2D eigenvalue weighted by atomic mass is 10.1. The summed E-state index contributed by atoms with van der Waals surface area (Å²) in [5, 5.41) is 5.35. The molecule has 0 spiro atoms. The summed E-state index contributed by atoms with van der Waals surface area (Å²) in [4.78, 5) is 19.0. The zero-order chi connectivity index (χ0) is 18.7. The van der Waals surface area contributed by atoms with Gasteiger partial charge >= 0.3 is 0 Å². The van der Waals surface area contributed by atoms with Crippen molar-refractivity contribution < 1.29 is 9.53 Å². The zero-order valence-electron chi connectivity index (χ0n) is 15.2. The lowest BCUT2D eigenvalue weighted by Crippen LogP contribution is -2.14. The Hall–Kier alpha value is -2.86. The number of benzene rings is 2. The van der Waals surface area contributed by atoms with Gasteiger partial charge in [0.2, 0.25) is 0 Å². The first-order valence-corrected chi connectivity index (χ1v) is 9.05. The average molecular weight is 367 g/mol. The van der Waals surface area contributed by atoms with Crippen molar-refractivity contribution in [1.82, 2.24) is 4.98 Å². The van der Waals surface area contributed by atoms with Crippen LogP contribution in [0.15, 0.2) is 47.8 Å². The molecule has 0 fully saturated rings. The fraction of sp³-hybridized carbons (Fsp3) is 0.200. The maximum atomic E-state index is 12.5. The number of aromatic nitrogens is 1. The minimum absolute atomic E-state index is 0.175. The molecule has 1 amide bonds. The summed E-state index contributed by atoms with van der Waals surface area (Å²) in [6.45, 7) is 2.02. The molecule has 0 bridgehead atoms. The standard InChI is InChI=1S/C20H21N3O2S/c1-13-8-9-18(25-4)16(10-13)17-12-26-20(21-17)22-19(24)14-6-5-7-15(11-14)23(2)3/h5-12H,1-4H3,(H,21,22,24). The zero-order valence-corrected chi connectivity index (χ0v) is 16.1. The number of hydrogen-bond acceptors (Lipinski definition) is 5. The summed E-state index contributed by atoms with van der Waals surface area (Å²) in [7, 11) is 5.53. The van der Waals surface area contributed by atoms with Crippen molar-refractivity contribution in [3.05, 3.63) is 59.0 Å². The first-order valence-electron chi connectivity index (χ1n) is 8.17. The van der Waals surface area contributed by atoms with E-state index in [-0.39, 0.29) is 5.91 Å². The topological polar surface area (TPSA) is 54.5 Å². The minimum atomic E-state index is -0.175. The Bertz CT molecular complexity index is 934. The monoisotopic (exact) mass is 367 g/mol. The molecule has 2 aromatic carbocycles. The van der Waals surface area contributed by atoms with Gasteiger partial charge in [-0.2, -0.15) is 0 Å². The van der Waals surface area contributed by atoms with Gasteiger partial charge in [0, 0.05) is 36.3 Å². The van der Waals surface area contributed by atoms with E-state index in [4.69, 9.17) is 4.74 Å². The van der Waals surface area contributed by atoms with Crippen LogP contribution in [0.25, 0.3) is 11.3 Å². The van der Waals surface area contributed by atoms with Crippen LogP contribution in [0.4, 0.5) is 10.8 Å². The van der Waals surface area contributed by atoms with Gasteiger partial charge in [-0.3, -0.25) is 10.1 Å². The summed E-state index contributed by atoms with van der Waals surface area (Å²) in [6, 6.07) is 13.4. The van der Waals surface area contributed by atoms with Gasteiger partial charge in [0.15, 0.2) is 5.13 Å². The fourth-order valence-corrected chi connectivity index (χ4v) is 3.28. The van der Waals surface area contributed by atoms with Gasteiger partial charge in [0.05, 0.1) is 12.8 Å². The number of aryl methyl sites for hydroxylation is 1. The molecule has 1 aromatic heterocycles. The lowest BCUT2D eigenvalue weighted by molar-refractivity contribution is 0.102. The Morgan fingerprint density at radius 3 is 2.73 bits per heavy atom. The van der Waals surface area contributed by atoms with Gasteiger partial charge in [-0.05, 0) is 37.3 Å². The molecular weight excluding hydrogens is 346 g/mol. The summed E-state index contributed by atoms with van der Waals surface area (Å²) in [5.41, 5.74) is 4.40. The highest BCUT2D eigenvalue weighted by molar-refractivity contribution is 7.14. The first-order chi connectivity index (χ1) is 12.5. The van der Waals surface area contributed by atoms with Gasteiger partial charge < -0.3 is 9.64 Å². The number of thiazole rings is 1. The third-order valence-corrected chi connectivity index (χ3v) is 4.74. The van der Waals surface area contributed by atoms with Crippen molar-refractivity contribution in [2.75, 3.05) is 31.4 Å². The van der Waals surface area contributed by atoms with Crippen LogP contribution in [0.2, 0.25) is 0 Å². The number of nitrogens with one attached hydrogen (secondary N) is 1. The van der Waals surface area contributed by atoms with Crippen molar-refractivity contribution >= 4 is 28.1 Å². The van der Waals surface area contributed by atoms with Crippen LogP contribution >= 0.6 is 11.3 Å². The molecule has 1 N–H and O–H groups in total. The normalized spacial score (nSPS) is 10.5. The van der Waals surface area contributed by atoms with E-state index in [9.17, 15) is 4.79 Å². The third-order valence-electron chi connectivity index (χ3n) is 3.98. The van der Waals surface area contributed by atoms with Gasteiger partial charge in [0.25, 0.3) is 5.91 Å². The van der Waals surface area contributed by atoms with E-state index < -0.39 is 0 Å². The Morgan fingerprint density at radius 1 is 1.19 bits per heavy atom. The molecule has 1 heterocycles. The van der Waals surface area contributed by atoms with E-state index in [2.05, 4.69) is 10.3 Å². The van der Waals surface area contributed by atoms with Crippen LogP contribution < -0.4 is 15.0 Å². The number of amides is 1. The number of methoxy groups -OCH3 is 1. The second-order valence-corrected chi connectivity index (χ2v) is 7.00. The van der Waals surface area contributed by atoms with Crippen molar-refractivity contribution in [1.29, 1.82) is 0 Å². The van der Waals surface area contributed by atoms with Crippen molar-refractivity contribution in [3.63, 3.8) is 0 Å². The van der Waals surface area contributed by atoms with E-state index in [1.807, 2.05) is 67.7 Å². The molecule has 6 heteroatoms. The molecule has 26 heavy (non-hydrogen) atoms. The highest BCUT2D eigenvalue weighted by atomic mass is 32.1. The molecule has 0 radical (unpaired) electrons. The Morgan fingerprint density at radius 2 is 2.00 bits per heavy atom. The molecule has 3 rings (SSSR count).